The molecule has 4 nitrogen and oxygen atoms in total. The Morgan fingerprint density at radius 1 is 1.28 bits per heavy atom. The van der Waals surface area contributed by atoms with Crippen molar-refractivity contribution in [3.05, 3.63) is 0 Å². The number of carbonyl (C=O) groups excluding carboxylic acids is 1. The Morgan fingerprint density at radius 2 is 1.96 bits per heavy atom. The minimum Gasteiger partial charge on any atom is -0.461 e. The maximum absolute atomic E-state index is 12.8. The van der Waals surface area contributed by atoms with E-state index in [9.17, 15) is 4.79 Å². The molecule has 0 spiro atoms. The molecule has 0 saturated heterocycles. The summed E-state index contributed by atoms with van der Waals surface area (Å²) >= 11 is 1.73. The lowest BCUT2D eigenvalue weighted by molar-refractivity contribution is -0.166. The third-order valence-electron chi connectivity index (χ3n) is 6.97. The molecule has 2 bridgehead atoms. The van der Waals surface area contributed by atoms with Gasteiger partial charge >= 0.3 is 5.97 Å². The maximum Gasteiger partial charge on any atom is 0.312 e. The molecule has 2 aliphatic rings. The second-order valence-corrected chi connectivity index (χ2v) is 10.2. The fraction of sp³-hybridized carbons (Fsp3) is 0.950. The van der Waals surface area contributed by atoms with Gasteiger partial charge in [-0.25, -0.2) is 0 Å². The molecule has 4 atom stereocenters. The zero-order valence-corrected chi connectivity index (χ0v) is 17.8. The fourth-order valence-corrected chi connectivity index (χ4v) is 5.71. The number of ether oxygens (including phenoxy) is 3. The molecule has 146 valence electrons. The van der Waals surface area contributed by atoms with Crippen LogP contribution in [0.2, 0.25) is 0 Å². The maximum atomic E-state index is 12.8. The Hall–Kier alpha value is -0.260. The standard InChI is InChI=1S/C20H36O4S/c1-18(2,13-25-12-15(23-7)11-22-6)17(21)24-16-10-14-8-9-20(16,5)19(14,3)4/h14-16H,8-13H2,1-7H3. The van der Waals surface area contributed by atoms with Crippen LogP contribution in [0.1, 0.15) is 53.9 Å². The number of hydrogen-bond donors (Lipinski definition) is 0. The highest BCUT2D eigenvalue weighted by Gasteiger charge is 2.63. The van der Waals surface area contributed by atoms with Gasteiger partial charge in [0.15, 0.2) is 0 Å². The molecule has 0 radical (unpaired) electrons. The first-order valence-electron chi connectivity index (χ1n) is 9.39. The summed E-state index contributed by atoms with van der Waals surface area (Å²) in [6.07, 6.45) is 3.60. The number of fused-ring (bicyclic) bond motifs is 2. The Kier molecular flexibility index (Phi) is 6.54. The van der Waals surface area contributed by atoms with E-state index in [4.69, 9.17) is 14.2 Å². The van der Waals surface area contributed by atoms with Crippen molar-refractivity contribution in [2.75, 3.05) is 32.3 Å². The van der Waals surface area contributed by atoms with Crippen molar-refractivity contribution < 1.29 is 19.0 Å². The summed E-state index contributed by atoms with van der Waals surface area (Å²) in [4.78, 5) is 12.8. The Labute approximate surface area is 157 Å². The summed E-state index contributed by atoms with van der Waals surface area (Å²) in [5.41, 5.74) is -0.1000. The molecule has 2 rings (SSSR count). The van der Waals surface area contributed by atoms with Crippen LogP contribution in [0.15, 0.2) is 0 Å². The monoisotopic (exact) mass is 372 g/mol. The highest BCUT2D eigenvalue weighted by atomic mass is 32.2. The van der Waals surface area contributed by atoms with Crippen LogP contribution in [0.5, 0.6) is 0 Å². The fourth-order valence-electron chi connectivity index (χ4n) is 4.47. The minimum absolute atomic E-state index is 0.0599. The lowest BCUT2D eigenvalue weighted by atomic mass is 9.70. The van der Waals surface area contributed by atoms with E-state index in [1.54, 1.807) is 26.0 Å². The first-order chi connectivity index (χ1) is 11.6. The van der Waals surface area contributed by atoms with E-state index in [2.05, 4.69) is 20.8 Å². The van der Waals surface area contributed by atoms with Crippen molar-refractivity contribution in [3.63, 3.8) is 0 Å². The van der Waals surface area contributed by atoms with Crippen LogP contribution in [-0.2, 0) is 19.0 Å². The molecule has 25 heavy (non-hydrogen) atoms. The van der Waals surface area contributed by atoms with E-state index in [0.29, 0.717) is 12.5 Å². The van der Waals surface area contributed by atoms with Gasteiger partial charge in [-0.15, -0.1) is 0 Å². The van der Waals surface area contributed by atoms with Crippen LogP contribution in [0, 0.1) is 22.2 Å². The average molecular weight is 373 g/mol. The van der Waals surface area contributed by atoms with Crippen LogP contribution in [-0.4, -0.2) is 50.5 Å². The van der Waals surface area contributed by atoms with Gasteiger partial charge in [0.25, 0.3) is 0 Å². The molecule has 2 saturated carbocycles. The summed E-state index contributed by atoms with van der Waals surface area (Å²) in [6, 6.07) is 0. The lowest BCUT2D eigenvalue weighted by Gasteiger charge is -2.39. The number of methoxy groups -OCH3 is 2. The van der Waals surface area contributed by atoms with Crippen LogP contribution in [0.3, 0.4) is 0 Å². The van der Waals surface area contributed by atoms with E-state index < -0.39 is 5.41 Å². The van der Waals surface area contributed by atoms with Crippen molar-refractivity contribution in [1.82, 2.24) is 0 Å². The molecule has 0 amide bonds. The quantitative estimate of drug-likeness (QED) is 0.569. The van der Waals surface area contributed by atoms with Crippen LogP contribution >= 0.6 is 11.8 Å². The van der Waals surface area contributed by atoms with E-state index >= 15 is 0 Å². The number of carbonyl (C=O) groups is 1. The number of thioether (sulfide) groups is 1. The number of esters is 1. The molecule has 0 aromatic heterocycles. The third-order valence-corrected chi connectivity index (χ3v) is 8.50. The zero-order valence-electron chi connectivity index (χ0n) is 17.0. The van der Waals surface area contributed by atoms with Gasteiger partial charge in [-0.3, -0.25) is 4.79 Å². The summed E-state index contributed by atoms with van der Waals surface area (Å²) in [6.45, 7) is 11.6. The molecule has 2 aliphatic carbocycles. The number of rotatable bonds is 9. The summed E-state index contributed by atoms with van der Waals surface area (Å²) in [7, 11) is 3.37. The van der Waals surface area contributed by atoms with Gasteiger partial charge in [0.2, 0.25) is 0 Å². The van der Waals surface area contributed by atoms with Crippen molar-refractivity contribution >= 4 is 17.7 Å². The highest BCUT2D eigenvalue weighted by molar-refractivity contribution is 7.99. The Morgan fingerprint density at radius 3 is 2.44 bits per heavy atom. The second-order valence-electron chi connectivity index (χ2n) is 9.22. The van der Waals surface area contributed by atoms with E-state index in [1.165, 1.54) is 12.8 Å². The molecule has 0 heterocycles. The minimum atomic E-state index is -0.488. The molecule has 5 heteroatoms. The summed E-state index contributed by atoms with van der Waals surface area (Å²) < 4.78 is 16.6. The molecule has 4 unspecified atom stereocenters. The molecule has 0 aromatic carbocycles. The van der Waals surface area contributed by atoms with Gasteiger partial charge in [0, 0.05) is 31.1 Å². The van der Waals surface area contributed by atoms with Gasteiger partial charge in [-0.2, -0.15) is 11.8 Å². The van der Waals surface area contributed by atoms with E-state index in [-0.39, 0.29) is 29.0 Å². The van der Waals surface area contributed by atoms with Crippen molar-refractivity contribution in [3.8, 4) is 0 Å². The molecule has 0 N–H and O–H groups in total. The summed E-state index contributed by atoms with van der Waals surface area (Å²) in [5, 5.41) is 0. The molecule has 0 aliphatic heterocycles. The summed E-state index contributed by atoms with van der Waals surface area (Å²) in [5.74, 6) is 2.17. The van der Waals surface area contributed by atoms with Crippen molar-refractivity contribution in [1.29, 1.82) is 0 Å². The van der Waals surface area contributed by atoms with Gasteiger partial charge in [-0.05, 0) is 44.4 Å². The largest absolute Gasteiger partial charge is 0.461 e. The van der Waals surface area contributed by atoms with E-state index in [1.807, 2.05) is 13.8 Å². The van der Waals surface area contributed by atoms with Crippen molar-refractivity contribution in [2.45, 2.75) is 66.1 Å². The molecular formula is C20H36O4S. The van der Waals surface area contributed by atoms with Gasteiger partial charge < -0.3 is 14.2 Å². The Bertz CT molecular complexity index is 476. The number of hydrogen-bond acceptors (Lipinski definition) is 5. The normalized spacial score (nSPS) is 32.0. The molecular weight excluding hydrogens is 336 g/mol. The Balaban J connectivity index is 1.87. The predicted octanol–water partition coefficient (Wildman–Crippen LogP) is 4.17. The topological polar surface area (TPSA) is 44.8 Å². The van der Waals surface area contributed by atoms with E-state index in [0.717, 1.165) is 17.9 Å². The first-order valence-corrected chi connectivity index (χ1v) is 10.5. The zero-order chi connectivity index (χ0) is 18.9. The lowest BCUT2D eigenvalue weighted by Crippen LogP contribution is -2.41. The average Bonchev–Trinajstić information content (AvgIpc) is 2.87. The van der Waals surface area contributed by atoms with Gasteiger partial charge in [0.05, 0.1) is 18.1 Å². The smallest absolute Gasteiger partial charge is 0.312 e. The van der Waals surface area contributed by atoms with Crippen molar-refractivity contribution in [2.24, 2.45) is 22.2 Å². The third kappa shape index (κ3) is 4.03. The first kappa shape index (κ1) is 21.0. The van der Waals surface area contributed by atoms with Crippen LogP contribution < -0.4 is 0 Å². The predicted molar refractivity (Wildman–Crippen MR) is 103 cm³/mol. The second kappa shape index (κ2) is 7.77. The van der Waals surface area contributed by atoms with Crippen LogP contribution in [0.4, 0.5) is 0 Å². The SMILES string of the molecule is COCC(CSCC(C)(C)C(=O)OC1CC2CCC1(C)C2(C)C)OC. The van der Waals surface area contributed by atoms with Gasteiger partial charge in [0.1, 0.15) is 6.10 Å². The molecule has 0 aromatic rings. The molecule has 2 fully saturated rings. The highest BCUT2D eigenvalue weighted by Crippen LogP contribution is 2.66. The van der Waals surface area contributed by atoms with Gasteiger partial charge in [-0.1, -0.05) is 20.8 Å². The van der Waals surface area contributed by atoms with Crippen LogP contribution in [0.25, 0.3) is 0 Å².